The number of aromatic amines is 1. The van der Waals surface area contributed by atoms with Gasteiger partial charge in [0.15, 0.2) is 0 Å². The summed E-state index contributed by atoms with van der Waals surface area (Å²) >= 11 is 0. The van der Waals surface area contributed by atoms with Crippen LogP contribution in [-0.4, -0.2) is 56.2 Å². The molecule has 258 valence electrons. The molecular formula is C38H46N4O6P+. The van der Waals surface area contributed by atoms with Crippen LogP contribution in [0.2, 0.25) is 0 Å². The van der Waals surface area contributed by atoms with Gasteiger partial charge in [-0.1, -0.05) is 91.0 Å². The molecule has 4 atom stereocenters. The summed E-state index contributed by atoms with van der Waals surface area (Å²) in [7, 11) is -3.35. The van der Waals surface area contributed by atoms with Crippen molar-refractivity contribution >= 4 is 7.87 Å². The highest BCUT2D eigenvalue weighted by Gasteiger charge is 2.54. The molecule has 0 bridgehead atoms. The number of hydrogen-bond donors (Lipinski definition) is 2. The first-order valence-electron chi connectivity index (χ1n) is 16.7. The maximum Gasteiger partial charge on any atom is 0.347 e. The van der Waals surface area contributed by atoms with Crippen LogP contribution in [0.25, 0.3) is 0 Å². The van der Waals surface area contributed by atoms with Crippen LogP contribution in [0.5, 0.6) is 0 Å². The van der Waals surface area contributed by atoms with E-state index in [2.05, 4.69) is 11.1 Å². The molecule has 4 aromatic rings. The summed E-state index contributed by atoms with van der Waals surface area (Å²) in [5.41, 5.74) is 0.984. The van der Waals surface area contributed by atoms with E-state index in [-0.39, 0.29) is 37.7 Å². The third-order valence-electron chi connectivity index (χ3n) is 8.88. The third-order valence-corrected chi connectivity index (χ3v) is 11.9. The van der Waals surface area contributed by atoms with Gasteiger partial charge in [0.05, 0.1) is 19.1 Å². The summed E-state index contributed by atoms with van der Waals surface area (Å²) in [5.74, 6) is 0. The van der Waals surface area contributed by atoms with Crippen LogP contribution < -0.4 is 11.2 Å². The number of nitrogens with one attached hydrogen (secondary N) is 1. The zero-order valence-electron chi connectivity index (χ0n) is 28.7. The normalized spacial score (nSPS) is 19.3. The van der Waals surface area contributed by atoms with Crippen molar-refractivity contribution in [3.8, 4) is 6.07 Å². The molecular weight excluding hydrogens is 639 g/mol. The Morgan fingerprint density at radius 2 is 1.47 bits per heavy atom. The quantitative estimate of drug-likeness (QED) is 0.117. The number of aryl methyl sites for hydroxylation is 1. The summed E-state index contributed by atoms with van der Waals surface area (Å²) in [6.07, 6.45) is -0.328. The van der Waals surface area contributed by atoms with Gasteiger partial charge in [-0.15, -0.1) is 4.67 Å². The van der Waals surface area contributed by atoms with E-state index < -0.39 is 43.2 Å². The predicted molar refractivity (Wildman–Crippen MR) is 191 cm³/mol. The lowest BCUT2D eigenvalue weighted by molar-refractivity contribution is -0.0929. The highest BCUT2D eigenvalue weighted by molar-refractivity contribution is 7.63. The first-order chi connectivity index (χ1) is 23.5. The molecule has 0 aliphatic carbocycles. The Morgan fingerprint density at radius 3 is 1.94 bits per heavy atom. The van der Waals surface area contributed by atoms with Gasteiger partial charge >= 0.3 is 13.6 Å². The van der Waals surface area contributed by atoms with Gasteiger partial charge in [0.25, 0.3) is 5.56 Å². The van der Waals surface area contributed by atoms with E-state index in [0.29, 0.717) is 5.56 Å². The Labute approximate surface area is 288 Å². The van der Waals surface area contributed by atoms with Crippen molar-refractivity contribution < 1.29 is 18.9 Å². The number of hydrogen-bond acceptors (Lipinski definition) is 8. The first-order valence-corrected chi connectivity index (χ1v) is 18.5. The monoisotopic (exact) mass is 685 g/mol. The standard InChI is InChI=1S/C38H45N4O6P/c1-27(2)42(28(3)4)49(45,23-15-22-39)48-33-24-35(41-25-29(5)36(43)40-37(41)44)47-34(33)26-46-38(30-16-9-6-10-17-30,31-18-11-7-12-19-31)32-20-13-8-14-21-32/h6-14,16-21,25,27-28,33-35,45H,15,23-24,26H2,1-5H3/p+1/t33-,34+,35+,49?/m0/s1. The highest BCUT2D eigenvalue weighted by atomic mass is 31.2. The fourth-order valence-electron chi connectivity index (χ4n) is 6.86. The molecule has 11 heteroatoms. The number of nitrogens with zero attached hydrogens (tertiary/aromatic N) is 3. The van der Waals surface area contributed by atoms with E-state index in [1.807, 2.05) is 123 Å². The number of ether oxygens (including phenoxy) is 2. The molecule has 2 N–H and O–H groups in total. The second kappa shape index (κ2) is 15.7. The summed E-state index contributed by atoms with van der Waals surface area (Å²) in [6, 6.07) is 32.0. The average molecular weight is 686 g/mol. The Kier molecular flexibility index (Phi) is 11.7. The second-order valence-electron chi connectivity index (χ2n) is 12.9. The fraction of sp³-hybridized carbons (Fsp3) is 0.395. The van der Waals surface area contributed by atoms with E-state index in [9.17, 15) is 19.7 Å². The van der Waals surface area contributed by atoms with Crippen LogP contribution in [0, 0.1) is 18.3 Å². The molecule has 5 rings (SSSR count). The third kappa shape index (κ3) is 7.79. The molecule has 3 aromatic carbocycles. The minimum atomic E-state index is -3.35. The summed E-state index contributed by atoms with van der Waals surface area (Å²) < 4.78 is 23.8. The SMILES string of the molecule is Cc1cn([C@H]2C[C@H](O[P+](O)(CCC#N)N(C(C)C)C(C)C)[C@@H](COC(c3ccccc3)(c3ccccc3)c3ccccc3)O2)c(=O)[nH]c1=O. The Hall–Kier alpha value is -3.94. The molecule has 1 fully saturated rings. The minimum absolute atomic E-state index is 0.0263. The van der Waals surface area contributed by atoms with Crippen LogP contribution in [0.15, 0.2) is 107 Å². The van der Waals surface area contributed by atoms with Crippen molar-refractivity contribution in [1.29, 1.82) is 5.26 Å². The van der Waals surface area contributed by atoms with Crippen molar-refractivity contribution in [3.05, 3.63) is 140 Å². The van der Waals surface area contributed by atoms with Gasteiger partial charge < -0.3 is 9.47 Å². The molecule has 49 heavy (non-hydrogen) atoms. The van der Waals surface area contributed by atoms with Crippen molar-refractivity contribution in [3.63, 3.8) is 0 Å². The van der Waals surface area contributed by atoms with Crippen molar-refractivity contribution in [2.75, 3.05) is 12.8 Å². The zero-order chi connectivity index (χ0) is 35.2. The smallest absolute Gasteiger partial charge is 0.347 e. The van der Waals surface area contributed by atoms with Gasteiger partial charge in [0, 0.05) is 30.3 Å². The molecule has 0 saturated carbocycles. The molecule has 1 unspecified atom stereocenters. The lowest BCUT2D eigenvalue weighted by Gasteiger charge is -2.38. The maximum atomic E-state index is 13.0. The summed E-state index contributed by atoms with van der Waals surface area (Å²) in [4.78, 5) is 40.0. The van der Waals surface area contributed by atoms with Gasteiger partial charge in [0.2, 0.25) is 0 Å². The van der Waals surface area contributed by atoms with Gasteiger partial charge in [-0.05, 0) is 51.3 Å². The van der Waals surface area contributed by atoms with Crippen LogP contribution in [0.1, 0.15) is 69.0 Å². The van der Waals surface area contributed by atoms with Crippen molar-refractivity contribution in [2.24, 2.45) is 0 Å². The first kappa shape index (κ1) is 36.3. The maximum absolute atomic E-state index is 13.0. The molecule has 0 radical (unpaired) electrons. The molecule has 1 aromatic heterocycles. The number of rotatable bonds is 14. The Morgan fingerprint density at radius 1 is 0.959 bits per heavy atom. The topological polar surface area (TPSA) is 130 Å². The van der Waals surface area contributed by atoms with Crippen molar-refractivity contribution in [2.45, 2.75) is 83.6 Å². The summed E-state index contributed by atoms with van der Waals surface area (Å²) in [5, 5.41) is 9.54. The molecule has 2 heterocycles. The van der Waals surface area contributed by atoms with Gasteiger partial charge in [0.1, 0.15) is 30.2 Å². The number of H-pyrrole nitrogens is 1. The number of aromatic nitrogens is 2. The Bertz CT molecular complexity index is 1720. The lowest BCUT2D eigenvalue weighted by Crippen LogP contribution is -2.42. The predicted octanol–water partition coefficient (Wildman–Crippen LogP) is 6.31. The highest BCUT2D eigenvalue weighted by Crippen LogP contribution is 2.63. The minimum Gasteiger partial charge on any atom is -0.358 e. The second-order valence-corrected chi connectivity index (χ2v) is 15.4. The van der Waals surface area contributed by atoms with Crippen LogP contribution in [0.4, 0.5) is 0 Å². The van der Waals surface area contributed by atoms with Gasteiger partial charge in [-0.3, -0.25) is 14.3 Å². The average Bonchev–Trinajstić information content (AvgIpc) is 3.48. The molecule has 1 aliphatic heterocycles. The summed E-state index contributed by atoms with van der Waals surface area (Å²) in [6.45, 7) is 9.62. The van der Waals surface area contributed by atoms with Gasteiger partial charge in [-0.2, -0.15) is 9.79 Å². The van der Waals surface area contributed by atoms with Crippen LogP contribution >= 0.6 is 7.87 Å². The van der Waals surface area contributed by atoms with E-state index >= 15 is 0 Å². The van der Waals surface area contributed by atoms with E-state index in [4.69, 9.17) is 14.0 Å². The van der Waals surface area contributed by atoms with Crippen molar-refractivity contribution in [1.82, 2.24) is 14.2 Å². The number of benzene rings is 3. The van der Waals surface area contributed by atoms with E-state index in [1.165, 1.54) is 10.8 Å². The number of nitriles is 1. The largest absolute Gasteiger partial charge is 0.358 e. The molecule has 0 spiro atoms. The lowest BCUT2D eigenvalue weighted by atomic mass is 9.80. The zero-order valence-corrected chi connectivity index (χ0v) is 29.6. The van der Waals surface area contributed by atoms with Crippen LogP contribution in [0.3, 0.4) is 0 Å². The molecule has 1 saturated heterocycles. The van der Waals surface area contributed by atoms with Crippen LogP contribution in [-0.2, 0) is 19.6 Å². The fourth-order valence-corrected chi connectivity index (χ4v) is 9.80. The molecule has 10 nitrogen and oxygen atoms in total. The Balaban J connectivity index is 1.60. The van der Waals surface area contributed by atoms with E-state index in [0.717, 1.165) is 16.7 Å². The molecule has 0 amide bonds. The molecule has 1 aliphatic rings. The van der Waals surface area contributed by atoms with E-state index in [1.54, 1.807) is 6.92 Å². The van der Waals surface area contributed by atoms with Gasteiger partial charge in [-0.25, -0.2) is 9.69 Å².